The zero-order valence-corrected chi connectivity index (χ0v) is 15.4. The average molecular weight is 371 g/mol. The van der Waals surface area contributed by atoms with Gasteiger partial charge in [-0.25, -0.2) is 13.2 Å². The third kappa shape index (κ3) is 3.51. The molecule has 0 saturated carbocycles. The number of cyclic esters (lactones) is 1. The molecule has 1 heterocycles. The van der Waals surface area contributed by atoms with Crippen molar-refractivity contribution < 1.29 is 17.9 Å². The molecule has 1 fully saturated rings. The lowest BCUT2D eigenvalue weighted by Gasteiger charge is -2.21. The minimum absolute atomic E-state index is 0.0654. The van der Waals surface area contributed by atoms with Crippen LogP contribution < -0.4 is 0 Å². The molecule has 0 spiro atoms. The summed E-state index contributed by atoms with van der Waals surface area (Å²) in [6.07, 6.45) is 1.26. The van der Waals surface area contributed by atoms with E-state index in [0.29, 0.717) is 12.8 Å². The van der Waals surface area contributed by atoms with Gasteiger partial charge in [-0.2, -0.15) is 4.31 Å². The van der Waals surface area contributed by atoms with E-state index in [1.807, 2.05) is 37.3 Å². The molecule has 136 valence electrons. The van der Waals surface area contributed by atoms with E-state index in [4.69, 9.17) is 4.74 Å². The van der Waals surface area contributed by atoms with Crippen molar-refractivity contribution >= 4 is 16.1 Å². The van der Waals surface area contributed by atoms with Crippen LogP contribution >= 0.6 is 0 Å². The van der Waals surface area contributed by atoms with Crippen LogP contribution in [0.1, 0.15) is 17.5 Å². The zero-order valence-electron chi connectivity index (χ0n) is 14.5. The Morgan fingerprint density at radius 2 is 1.77 bits per heavy atom. The Morgan fingerprint density at radius 1 is 1.12 bits per heavy atom. The molecule has 1 aliphatic heterocycles. The number of hydrogen-bond acceptors (Lipinski definition) is 4. The third-order valence-electron chi connectivity index (χ3n) is 4.46. The Bertz CT molecular complexity index is 891. The standard InChI is InChI=1S/C20H21NO4S/c1-3-18-19(14-11-16-7-5-4-6-8-16)25-20(22)21(18)26(23,24)17-12-9-15(2)10-13-17/h3-10,12-13,18-19H,1,11,14H2,2H3/t18-,19-/m0/s1. The summed E-state index contributed by atoms with van der Waals surface area (Å²) in [5.74, 6) is 0. The molecule has 2 aromatic rings. The van der Waals surface area contributed by atoms with Crippen LogP contribution in [-0.4, -0.2) is 31.0 Å². The normalized spacial score (nSPS) is 20.0. The summed E-state index contributed by atoms with van der Waals surface area (Å²) in [5.41, 5.74) is 2.04. The molecule has 0 N–H and O–H groups in total. The maximum absolute atomic E-state index is 12.9. The molecule has 5 nitrogen and oxygen atoms in total. The second kappa shape index (κ2) is 7.33. The zero-order chi connectivity index (χ0) is 18.7. The van der Waals surface area contributed by atoms with Crippen LogP contribution in [-0.2, 0) is 21.2 Å². The minimum atomic E-state index is -3.99. The van der Waals surface area contributed by atoms with Crippen LogP contribution in [0.25, 0.3) is 0 Å². The lowest BCUT2D eigenvalue weighted by Crippen LogP contribution is -2.39. The Labute approximate surface area is 154 Å². The van der Waals surface area contributed by atoms with Crippen molar-refractivity contribution in [2.75, 3.05) is 0 Å². The molecule has 3 rings (SSSR count). The third-order valence-corrected chi connectivity index (χ3v) is 6.24. The van der Waals surface area contributed by atoms with Gasteiger partial charge in [-0.05, 0) is 37.5 Å². The summed E-state index contributed by atoms with van der Waals surface area (Å²) in [5, 5.41) is 0. The number of rotatable bonds is 6. The van der Waals surface area contributed by atoms with Crippen molar-refractivity contribution in [3.63, 3.8) is 0 Å². The Kier molecular flexibility index (Phi) is 5.13. The van der Waals surface area contributed by atoms with E-state index in [1.165, 1.54) is 18.2 Å². The fourth-order valence-electron chi connectivity index (χ4n) is 3.04. The second-order valence-corrected chi connectivity index (χ2v) is 8.10. The van der Waals surface area contributed by atoms with Gasteiger partial charge in [0.25, 0.3) is 10.0 Å². The maximum Gasteiger partial charge on any atom is 0.424 e. The Hall–Kier alpha value is -2.60. The van der Waals surface area contributed by atoms with Crippen LogP contribution in [0, 0.1) is 6.92 Å². The fourth-order valence-corrected chi connectivity index (χ4v) is 4.53. The highest BCUT2D eigenvalue weighted by molar-refractivity contribution is 7.89. The molecule has 1 aliphatic rings. The van der Waals surface area contributed by atoms with Crippen molar-refractivity contribution in [3.05, 3.63) is 78.4 Å². The summed E-state index contributed by atoms with van der Waals surface area (Å²) in [6, 6.07) is 15.4. The molecular formula is C20H21NO4S. The lowest BCUT2D eigenvalue weighted by molar-refractivity contribution is 0.129. The topological polar surface area (TPSA) is 63.7 Å². The van der Waals surface area contributed by atoms with Crippen molar-refractivity contribution in [1.29, 1.82) is 0 Å². The van der Waals surface area contributed by atoms with E-state index >= 15 is 0 Å². The number of amides is 1. The average Bonchev–Trinajstić information content (AvgIpc) is 2.97. The number of carbonyl (C=O) groups excluding carboxylic acids is 1. The maximum atomic E-state index is 12.9. The van der Waals surface area contributed by atoms with Crippen LogP contribution in [0.4, 0.5) is 4.79 Å². The quantitative estimate of drug-likeness (QED) is 0.727. The fraction of sp³-hybridized carbons (Fsp3) is 0.250. The van der Waals surface area contributed by atoms with Crippen LogP contribution in [0.15, 0.2) is 72.1 Å². The summed E-state index contributed by atoms with van der Waals surface area (Å²) in [6.45, 7) is 5.58. The predicted octanol–water partition coefficient (Wildman–Crippen LogP) is 3.69. The first kappa shape index (κ1) is 18.2. The van der Waals surface area contributed by atoms with Gasteiger partial charge in [0.15, 0.2) is 0 Å². The molecule has 0 unspecified atom stereocenters. The molecular weight excluding hydrogens is 350 g/mol. The van der Waals surface area contributed by atoms with E-state index in [1.54, 1.807) is 12.1 Å². The highest BCUT2D eigenvalue weighted by Gasteiger charge is 2.47. The summed E-state index contributed by atoms with van der Waals surface area (Å²) < 4.78 is 32.0. The molecule has 6 heteroatoms. The largest absolute Gasteiger partial charge is 0.443 e. The molecule has 2 atom stereocenters. The smallest absolute Gasteiger partial charge is 0.424 e. The van der Waals surface area contributed by atoms with Gasteiger partial charge in [-0.15, -0.1) is 6.58 Å². The summed E-state index contributed by atoms with van der Waals surface area (Å²) >= 11 is 0. The van der Waals surface area contributed by atoms with Crippen molar-refractivity contribution in [1.82, 2.24) is 4.31 Å². The van der Waals surface area contributed by atoms with Crippen molar-refractivity contribution in [2.24, 2.45) is 0 Å². The lowest BCUT2D eigenvalue weighted by atomic mass is 10.0. The van der Waals surface area contributed by atoms with Crippen LogP contribution in [0.3, 0.4) is 0 Å². The van der Waals surface area contributed by atoms with E-state index in [0.717, 1.165) is 15.4 Å². The predicted molar refractivity (Wildman–Crippen MR) is 99.2 cm³/mol. The van der Waals surface area contributed by atoms with E-state index < -0.39 is 28.3 Å². The van der Waals surface area contributed by atoms with Gasteiger partial charge in [0, 0.05) is 0 Å². The molecule has 2 aromatic carbocycles. The SMILES string of the molecule is C=C[C@H]1[C@H](CCc2ccccc2)OC(=O)N1S(=O)(=O)c1ccc(C)cc1. The first-order valence-corrected chi connectivity index (χ1v) is 9.85. The van der Waals surface area contributed by atoms with Gasteiger partial charge in [0.05, 0.1) is 4.90 Å². The molecule has 26 heavy (non-hydrogen) atoms. The molecule has 1 amide bonds. The summed E-state index contributed by atoms with van der Waals surface area (Å²) in [7, 11) is -3.99. The number of nitrogens with zero attached hydrogens (tertiary/aromatic N) is 1. The first-order valence-electron chi connectivity index (χ1n) is 8.41. The number of aryl methyl sites for hydroxylation is 2. The number of sulfonamides is 1. The van der Waals surface area contributed by atoms with E-state index in [9.17, 15) is 13.2 Å². The highest BCUT2D eigenvalue weighted by atomic mass is 32.2. The van der Waals surface area contributed by atoms with Crippen molar-refractivity contribution in [2.45, 2.75) is 36.8 Å². The number of ether oxygens (including phenoxy) is 1. The highest BCUT2D eigenvalue weighted by Crippen LogP contribution is 2.30. The van der Waals surface area contributed by atoms with Gasteiger partial charge in [0.2, 0.25) is 0 Å². The molecule has 0 aromatic heterocycles. The first-order chi connectivity index (χ1) is 12.4. The Balaban J connectivity index is 1.82. The molecule has 0 aliphatic carbocycles. The molecule has 0 radical (unpaired) electrons. The van der Waals surface area contributed by atoms with Crippen LogP contribution in [0.2, 0.25) is 0 Å². The van der Waals surface area contributed by atoms with Gasteiger partial charge in [0.1, 0.15) is 12.1 Å². The second-order valence-electron chi connectivity index (χ2n) is 6.29. The van der Waals surface area contributed by atoms with Gasteiger partial charge >= 0.3 is 6.09 Å². The molecule has 1 saturated heterocycles. The van der Waals surface area contributed by atoms with E-state index in [-0.39, 0.29) is 4.90 Å². The number of hydrogen-bond donors (Lipinski definition) is 0. The van der Waals surface area contributed by atoms with Gasteiger partial charge < -0.3 is 4.74 Å². The van der Waals surface area contributed by atoms with Gasteiger partial charge in [-0.3, -0.25) is 0 Å². The monoisotopic (exact) mass is 371 g/mol. The number of carbonyl (C=O) groups is 1. The van der Waals surface area contributed by atoms with E-state index in [2.05, 4.69) is 6.58 Å². The van der Waals surface area contributed by atoms with Gasteiger partial charge in [-0.1, -0.05) is 54.1 Å². The molecule has 0 bridgehead atoms. The Morgan fingerprint density at radius 3 is 2.38 bits per heavy atom. The van der Waals surface area contributed by atoms with Crippen molar-refractivity contribution in [3.8, 4) is 0 Å². The van der Waals surface area contributed by atoms with Crippen LogP contribution in [0.5, 0.6) is 0 Å². The minimum Gasteiger partial charge on any atom is -0.443 e. The summed E-state index contributed by atoms with van der Waals surface area (Å²) in [4.78, 5) is 12.4. The number of benzene rings is 2.